The molecular weight excluding hydrogens is 464 g/mol. The Morgan fingerprint density at radius 1 is 0.639 bits per heavy atom. The number of benzene rings is 1. The van der Waals surface area contributed by atoms with Crippen molar-refractivity contribution in [1.82, 2.24) is 0 Å². The molecule has 0 aromatic heterocycles. The van der Waals surface area contributed by atoms with Crippen molar-refractivity contribution >= 4 is 10.1 Å². The Kier molecular flexibility index (Phi) is 15.3. The minimum Gasteiger partial charge on any atom is -0.262 e. The van der Waals surface area contributed by atoms with Crippen molar-refractivity contribution in [3.63, 3.8) is 0 Å². The summed E-state index contributed by atoms with van der Waals surface area (Å²) in [6.45, 7) is 15.0. The van der Waals surface area contributed by atoms with Gasteiger partial charge in [0.15, 0.2) is 0 Å². The quantitative estimate of drug-likeness (QED) is 0.164. The third kappa shape index (κ3) is 15.1. The van der Waals surface area contributed by atoms with E-state index in [2.05, 4.69) is 58.9 Å². The summed E-state index contributed by atoms with van der Waals surface area (Å²) in [5, 5.41) is 0. The molecule has 36 heavy (non-hydrogen) atoms. The number of allylic oxidation sites excluding steroid dienone is 9. The topological polar surface area (TPSA) is 43.4 Å². The van der Waals surface area contributed by atoms with E-state index >= 15 is 0 Å². The van der Waals surface area contributed by atoms with E-state index in [1.165, 1.54) is 22.3 Å². The number of hydrogen-bond acceptors (Lipinski definition) is 3. The SMILES string of the molecule is CC(C)=CCCC(C)=CCCC(C)=CCCC(C)=CCCC(C)=CCOS(=O)(=O)c1ccc(C)cc1. The van der Waals surface area contributed by atoms with E-state index in [9.17, 15) is 8.42 Å². The lowest BCUT2D eigenvalue weighted by Gasteiger charge is -2.05. The van der Waals surface area contributed by atoms with Gasteiger partial charge in [-0.2, -0.15) is 8.42 Å². The zero-order valence-corrected chi connectivity index (χ0v) is 24.5. The highest BCUT2D eigenvalue weighted by Gasteiger charge is 2.13. The third-order valence-corrected chi connectivity index (χ3v) is 7.45. The summed E-state index contributed by atoms with van der Waals surface area (Å²) in [6.07, 6.45) is 19.8. The van der Waals surface area contributed by atoms with Crippen LogP contribution in [-0.4, -0.2) is 15.0 Å². The van der Waals surface area contributed by atoms with Crippen molar-refractivity contribution in [2.75, 3.05) is 6.61 Å². The molecule has 0 amide bonds. The van der Waals surface area contributed by atoms with Crippen LogP contribution in [0.5, 0.6) is 0 Å². The van der Waals surface area contributed by atoms with E-state index in [1.807, 2.05) is 19.9 Å². The Bertz CT molecular complexity index is 1050. The lowest BCUT2D eigenvalue weighted by atomic mass is 10.0. The van der Waals surface area contributed by atoms with E-state index in [1.54, 1.807) is 24.3 Å². The molecule has 0 aliphatic carbocycles. The summed E-state index contributed by atoms with van der Waals surface area (Å²) in [7, 11) is -3.71. The van der Waals surface area contributed by atoms with Crippen LogP contribution in [0.25, 0.3) is 0 Å². The van der Waals surface area contributed by atoms with E-state index in [4.69, 9.17) is 4.18 Å². The number of aryl methyl sites for hydroxylation is 1. The zero-order chi connectivity index (χ0) is 27.0. The van der Waals surface area contributed by atoms with Crippen molar-refractivity contribution < 1.29 is 12.6 Å². The summed E-state index contributed by atoms with van der Waals surface area (Å²) in [4.78, 5) is 0.198. The van der Waals surface area contributed by atoms with Crippen molar-refractivity contribution in [1.29, 1.82) is 0 Å². The average Bonchev–Trinajstić information content (AvgIpc) is 2.79. The molecule has 0 aliphatic rings. The Hall–Kier alpha value is -2.17. The molecule has 1 aromatic carbocycles. The van der Waals surface area contributed by atoms with Crippen LogP contribution in [0, 0.1) is 6.92 Å². The molecule has 3 nitrogen and oxygen atoms in total. The lowest BCUT2D eigenvalue weighted by molar-refractivity contribution is 0.356. The Balaban J connectivity index is 2.31. The molecule has 0 saturated carbocycles. The molecule has 0 bridgehead atoms. The fraction of sp³-hybridized carbons (Fsp3) is 0.500. The van der Waals surface area contributed by atoms with Crippen molar-refractivity contribution in [2.45, 2.75) is 105 Å². The first-order valence-corrected chi connectivity index (χ1v) is 14.6. The molecular formula is C32H48O3S. The van der Waals surface area contributed by atoms with Gasteiger partial charge < -0.3 is 0 Å². The van der Waals surface area contributed by atoms with Crippen LogP contribution >= 0.6 is 0 Å². The highest BCUT2D eigenvalue weighted by atomic mass is 32.2. The van der Waals surface area contributed by atoms with Gasteiger partial charge in [-0.1, -0.05) is 75.9 Å². The average molecular weight is 513 g/mol. The monoisotopic (exact) mass is 512 g/mol. The summed E-state index contributed by atoms with van der Waals surface area (Å²) in [6, 6.07) is 6.71. The smallest absolute Gasteiger partial charge is 0.262 e. The van der Waals surface area contributed by atoms with Crippen LogP contribution in [0.15, 0.2) is 87.4 Å². The first kappa shape index (κ1) is 31.9. The minimum atomic E-state index is -3.71. The molecule has 0 saturated heterocycles. The molecule has 4 heteroatoms. The molecule has 0 aliphatic heterocycles. The molecule has 1 aromatic rings. The predicted molar refractivity (Wildman–Crippen MR) is 156 cm³/mol. The van der Waals surface area contributed by atoms with Crippen molar-refractivity contribution in [2.24, 2.45) is 0 Å². The summed E-state index contributed by atoms with van der Waals surface area (Å²) in [5.74, 6) is 0. The van der Waals surface area contributed by atoms with Gasteiger partial charge in [-0.3, -0.25) is 4.18 Å². The van der Waals surface area contributed by atoms with E-state index in [0.717, 1.165) is 62.5 Å². The Labute approximate surface area is 221 Å². The van der Waals surface area contributed by atoms with Gasteiger partial charge in [0.1, 0.15) is 0 Å². The van der Waals surface area contributed by atoms with Gasteiger partial charge >= 0.3 is 0 Å². The lowest BCUT2D eigenvalue weighted by Crippen LogP contribution is -2.06. The first-order valence-electron chi connectivity index (χ1n) is 13.2. The summed E-state index contributed by atoms with van der Waals surface area (Å²) < 4.78 is 29.7. The predicted octanol–water partition coefficient (Wildman–Crippen LogP) is 9.57. The highest BCUT2D eigenvalue weighted by molar-refractivity contribution is 7.86. The minimum absolute atomic E-state index is 0.0684. The maximum atomic E-state index is 12.3. The van der Waals surface area contributed by atoms with Gasteiger partial charge in [-0.15, -0.1) is 0 Å². The normalized spacial score (nSPS) is 13.8. The van der Waals surface area contributed by atoms with Gasteiger partial charge in [0.25, 0.3) is 10.1 Å². The Morgan fingerprint density at radius 3 is 1.44 bits per heavy atom. The molecule has 0 N–H and O–H groups in total. The highest BCUT2D eigenvalue weighted by Crippen LogP contribution is 2.16. The maximum Gasteiger partial charge on any atom is 0.297 e. The van der Waals surface area contributed by atoms with Crippen LogP contribution in [0.2, 0.25) is 0 Å². The van der Waals surface area contributed by atoms with E-state index in [0.29, 0.717) is 0 Å². The first-order chi connectivity index (χ1) is 17.0. The molecule has 0 atom stereocenters. The third-order valence-electron chi connectivity index (χ3n) is 6.15. The second-order valence-electron chi connectivity index (χ2n) is 10.2. The Morgan fingerprint density at radius 2 is 1.03 bits per heavy atom. The summed E-state index contributed by atoms with van der Waals surface area (Å²) >= 11 is 0. The van der Waals surface area contributed by atoms with Crippen LogP contribution in [-0.2, 0) is 14.3 Å². The van der Waals surface area contributed by atoms with Crippen molar-refractivity contribution in [3.8, 4) is 0 Å². The van der Waals surface area contributed by atoms with Crippen LogP contribution in [0.1, 0.15) is 98.5 Å². The largest absolute Gasteiger partial charge is 0.297 e. The molecule has 0 spiro atoms. The number of rotatable bonds is 16. The van der Waals surface area contributed by atoms with Gasteiger partial charge in [0, 0.05) is 0 Å². The molecule has 1 rings (SSSR count). The zero-order valence-electron chi connectivity index (χ0n) is 23.7. The van der Waals surface area contributed by atoms with Crippen LogP contribution < -0.4 is 0 Å². The van der Waals surface area contributed by atoms with E-state index in [-0.39, 0.29) is 11.5 Å². The molecule has 0 heterocycles. The summed E-state index contributed by atoms with van der Waals surface area (Å²) in [5.41, 5.74) is 7.91. The van der Waals surface area contributed by atoms with Gasteiger partial charge in [0.05, 0.1) is 11.5 Å². The fourth-order valence-electron chi connectivity index (χ4n) is 3.67. The second kappa shape index (κ2) is 17.3. The molecule has 200 valence electrons. The fourth-order valence-corrected chi connectivity index (χ4v) is 4.53. The maximum absolute atomic E-state index is 12.3. The molecule has 0 unspecified atom stereocenters. The van der Waals surface area contributed by atoms with Gasteiger partial charge in [-0.25, -0.2) is 0 Å². The van der Waals surface area contributed by atoms with Crippen LogP contribution in [0.4, 0.5) is 0 Å². The van der Waals surface area contributed by atoms with E-state index < -0.39 is 10.1 Å². The van der Waals surface area contributed by atoms with Crippen LogP contribution in [0.3, 0.4) is 0 Å². The molecule has 0 radical (unpaired) electrons. The second-order valence-corrected chi connectivity index (χ2v) is 11.8. The van der Waals surface area contributed by atoms with Gasteiger partial charge in [-0.05, 0) is 112 Å². The standard InChI is InChI=1S/C32H48O3S/c1-26(2)12-8-13-27(3)14-9-15-28(4)16-10-17-29(5)18-11-19-30(6)24-25-35-36(33,34)32-22-20-31(7)21-23-32/h12,14,16,18,20-24H,8-11,13,15,17,19,25H2,1-7H3. The molecule has 0 fully saturated rings. The number of hydrogen-bond donors (Lipinski definition) is 0. The van der Waals surface area contributed by atoms with Crippen molar-refractivity contribution in [3.05, 3.63) is 88.1 Å². The van der Waals surface area contributed by atoms with Gasteiger partial charge in [0.2, 0.25) is 0 Å².